The Bertz CT molecular complexity index is 409. The summed E-state index contributed by atoms with van der Waals surface area (Å²) in [4.78, 5) is 0. The fourth-order valence-electron chi connectivity index (χ4n) is 1.78. The molecular formula is C13H15NO2. The van der Waals surface area contributed by atoms with E-state index in [-0.39, 0.29) is 6.04 Å². The van der Waals surface area contributed by atoms with Crippen LogP contribution in [0.2, 0.25) is 0 Å². The van der Waals surface area contributed by atoms with Gasteiger partial charge in [-0.15, -0.1) is 12.3 Å². The van der Waals surface area contributed by atoms with E-state index < -0.39 is 0 Å². The van der Waals surface area contributed by atoms with Crippen LogP contribution in [0.25, 0.3) is 0 Å². The molecule has 1 aliphatic heterocycles. The van der Waals surface area contributed by atoms with Gasteiger partial charge in [0.05, 0.1) is 0 Å². The molecule has 3 nitrogen and oxygen atoms in total. The Morgan fingerprint density at radius 3 is 2.81 bits per heavy atom. The minimum Gasteiger partial charge on any atom is -0.486 e. The van der Waals surface area contributed by atoms with Crippen molar-refractivity contribution in [1.82, 2.24) is 5.32 Å². The molecule has 1 aromatic carbocycles. The van der Waals surface area contributed by atoms with Crippen LogP contribution >= 0.6 is 0 Å². The zero-order valence-electron chi connectivity index (χ0n) is 9.32. The Morgan fingerprint density at radius 2 is 2.12 bits per heavy atom. The van der Waals surface area contributed by atoms with Crippen LogP contribution in [0.15, 0.2) is 18.2 Å². The van der Waals surface area contributed by atoms with Gasteiger partial charge in [0, 0.05) is 12.5 Å². The quantitative estimate of drug-likeness (QED) is 0.782. The van der Waals surface area contributed by atoms with Gasteiger partial charge in [0.1, 0.15) is 13.2 Å². The topological polar surface area (TPSA) is 30.5 Å². The van der Waals surface area contributed by atoms with Gasteiger partial charge >= 0.3 is 0 Å². The van der Waals surface area contributed by atoms with Crippen molar-refractivity contribution in [1.29, 1.82) is 0 Å². The monoisotopic (exact) mass is 217 g/mol. The summed E-state index contributed by atoms with van der Waals surface area (Å²) in [6.07, 6.45) is 6.00. The van der Waals surface area contributed by atoms with Gasteiger partial charge in [-0.05, 0) is 24.7 Å². The predicted octanol–water partition coefficient (Wildman–Crippen LogP) is 1.74. The number of nitrogens with one attached hydrogen (secondary N) is 1. The highest BCUT2D eigenvalue weighted by Crippen LogP contribution is 2.33. The lowest BCUT2D eigenvalue weighted by atomic mass is 10.0. The van der Waals surface area contributed by atoms with Gasteiger partial charge in [0.25, 0.3) is 0 Å². The number of fused-ring (bicyclic) bond motifs is 1. The second-order valence-corrected chi connectivity index (χ2v) is 3.65. The number of rotatable bonds is 3. The summed E-state index contributed by atoms with van der Waals surface area (Å²) < 4.78 is 11.0. The van der Waals surface area contributed by atoms with Gasteiger partial charge in [-0.3, -0.25) is 0 Å². The van der Waals surface area contributed by atoms with E-state index in [2.05, 4.69) is 11.2 Å². The fourth-order valence-corrected chi connectivity index (χ4v) is 1.78. The van der Waals surface area contributed by atoms with Crippen molar-refractivity contribution in [3.63, 3.8) is 0 Å². The third-order valence-electron chi connectivity index (χ3n) is 2.64. The normalized spacial score (nSPS) is 15.2. The van der Waals surface area contributed by atoms with Gasteiger partial charge in [0.2, 0.25) is 0 Å². The van der Waals surface area contributed by atoms with E-state index >= 15 is 0 Å². The molecule has 0 amide bonds. The molecule has 0 spiro atoms. The Balaban J connectivity index is 2.25. The lowest BCUT2D eigenvalue weighted by Crippen LogP contribution is -2.18. The summed E-state index contributed by atoms with van der Waals surface area (Å²) in [7, 11) is 1.90. The number of hydrogen-bond donors (Lipinski definition) is 1. The molecule has 1 unspecified atom stereocenters. The average molecular weight is 217 g/mol. The van der Waals surface area contributed by atoms with Gasteiger partial charge in [-0.2, -0.15) is 0 Å². The minimum absolute atomic E-state index is 0.167. The van der Waals surface area contributed by atoms with E-state index in [9.17, 15) is 0 Å². The highest BCUT2D eigenvalue weighted by Gasteiger charge is 2.15. The average Bonchev–Trinajstić information content (AvgIpc) is 2.35. The van der Waals surface area contributed by atoms with Crippen LogP contribution in [0.5, 0.6) is 11.5 Å². The summed E-state index contributed by atoms with van der Waals surface area (Å²) in [6.45, 7) is 1.22. The molecule has 0 radical (unpaired) electrons. The van der Waals surface area contributed by atoms with Crippen molar-refractivity contribution < 1.29 is 9.47 Å². The Kier molecular flexibility index (Phi) is 3.33. The molecule has 3 heteroatoms. The number of benzene rings is 1. The molecule has 0 fully saturated rings. The van der Waals surface area contributed by atoms with Crippen molar-refractivity contribution in [2.45, 2.75) is 12.5 Å². The Hall–Kier alpha value is -1.66. The van der Waals surface area contributed by atoms with Crippen LogP contribution < -0.4 is 14.8 Å². The molecule has 1 aliphatic rings. The van der Waals surface area contributed by atoms with Gasteiger partial charge < -0.3 is 14.8 Å². The molecular weight excluding hydrogens is 202 g/mol. The molecule has 0 aromatic heterocycles. The van der Waals surface area contributed by atoms with Crippen LogP contribution in [-0.4, -0.2) is 20.3 Å². The maximum atomic E-state index is 5.53. The van der Waals surface area contributed by atoms with Crippen LogP contribution in [0.3, 0.4) is 0 Å². The first-order valence-electron chi connectivity index (χ1n) is 5.35. The van der Waals surface area contributed by atoms with Gasteiger partial charge in [-0.25, -0.2) is 0 Å². The van der Waals surface area contributed by atoms with Crippen molar-refractivity contribution >= 4 is 0 Å². The third-order valence-corrected chi connectivity index (χ3v) is 2.64. The van der Waals surface area contributed by atoms with Crippen LogP contribution in [0.1, 0.15) is 18.0 Å². The van der Waals surface area contributed by atoms with E-state index in [1.807, 2.05) is 25.2 Å². The zero-order chi connectivity index (χ0) is 11.4. The lowest BCUT2D eigenvalue weighted by molar-refractivity contribution is 0.171. The van der Waals surface area contributed by atoms with E-state index in [1.165, 1.54) is 0 Å². The smallest absolute Gasteiger partial charge is 0.161 e. The largest absolute Gasteiger partial charge is 0.486 e. The molecule has 0 saturated carbocycles. The first-order chi connectivity index (χ1) is 7.85. The Morgan fingerprint density at radius 1 is 1.38 bits per heavy atom. The summed E-state index contributed by atoms with van der Waals surface area (Å²) in [5.41, 5.74) is 1.13. The van der Waals surface area contributed by atoms with Crippen molar-refractivity contribution in [2.24, 2.45) is 0 Å². The van der Waals surface area contributed by atoms with Crippen LogP contribution in [0, 0.1) is 12.3 Å². The molecule has 0 bridgehead atoms. The number of hydrogen-bond acceptors (Lipinski definition) is 3. The summed E-state index contributed by atoms with van der Waals surface area (Å²) in [5, 5.41) is 3.19. The van der Waals surface area contributed by atoms with Crippen LogP contribution in [-0.2, 0) is 0 Å². The summed E-state index contributed by atoms with van der Waals surface area (Å²) in [6, 6.07) is 6.12. The first kappa shape index (κ1) is 10.8. The molecule has 1 heterocycles. The standard InChI is InChI=1S/C13H15NO2/c1-3-4-11(14-2)10-5-6-12-13(9-10)16-8-7-15-12/h1,5-6,9,11,14H,4,7-8H2,2H3. The second-order valence-electron chi connectivity index (χ2n) is 3.65. The third kappa shape index (κ3) is 2.12. The molecule has 1 N–H and O–H groups in total. The second kappa shape index (κ2) is 4.91. The minimum atomic E-state index is 0.167. The van der Waals surface area contributed by atoms with E-state index in [0.717, 1.165) is 17.1 Å². The number of ether oxygens (including phenoxy) is 2. The SMILES string of the molecule is C#CCC(NC)c1ccc2c(c1)OCCO2. The van der Waals surface area contributed by atoms with Gasteiger partial charge in [-0.1, -0.05) is 6.07 Å². The summed E-state index contributed by atoms with van der Waals surface area (Å²) in [5.74, 6) is 4.28. The fraction of sp³-hybridized carbons (Fsp3) is 0.385. The molecule has 84 valence electrons. The van der Waals surface area contributed by atoms with E-state index in [4.69, 9.17) is 15.9 Å². The maximum absolute atomic E-state index is 5.53. The Labute approximate surface area is 95.8 Å². The van der Waals surface area contributed by atoms with E-state index in [0.29, 0.717) is 19.6 Å². The first-order valence-corrected chi connectivity index (χ1v) is 5.35. The van der Waals surface area contributed by atoms with Crippen molar-refractivity contribution in [3.05, 3.63) is 23.8 Å². The van der Waals surface area contributed by atoms with Gasteiger partial charge in [0.15, 0.2) is 11.5 Å². The highest BCUT2D eigenvalue weighted by atomic mass is 16.6. The summed E-state index contributed by atoms with van der Waals surface area (Å²) >= 11 is 0. The highest BCUT2D eigenvalue weighted by molar-refractivity contribution is 5.44. The molecule has 0 aliphatic carbocycles. The molecule has 2 rings (SSSR count). The lowest BCUT2D eigenvalue weighted by Gasteiger charge is -2.21. The van der Waals surface area contributed by atoms with Crippen molar-refractivity contribution in [3.8, 4) is 23.8 Å². The van der Waals surface area contributed by atoms with Crippen LogP contribution in [0.4, 0.5) is 0 Å². The predicted molar refractivity (Wildman–Crippen MR) is 62.7 cm³/mol. The zero-order valence-corrected chi connectivity index (χ0v) is 9.32. The molecule has 1 atom stereocenters. The number of terminal acetylenes is 1. The molecule has 1 aromatic rings. The molecule has 16 heavy (non-hydrogen) atoms. The van der Waals surface area contributed by atoms with E-state index in [1.54, 1.807) is 0 Å². The van der Waals surface area contributed by atoms with Crippen molar-refractivity contribution in [2.75, 3.05) is 20.3 Å². The maximum Gasteiger partial charge on any atom is 0.161 e. The molecule has 0 saturated heterocycles.